The number of sulfonamides is 1. The molecule has 0 fully saturated rings. The molecule has 120 valence electrons. The van der Waals surface area contributed by atoms with Crippen LogP contribution in [0.3, 0.4) is 0 Å². The summed E-state index contributed by atoms with van der Waals surface area (Å²) in [5, 5.41) is 0. The normalized spacial score (nSPS) is 13.4. The second-order valence-electron chi connectivity index (χ2n) is 5.33. The van der Waals surface area contributed by atoms with Gasteiger partial charge in [-0.3, -0.25) is 0 Å². The molecule has 5 nitrogen and oxygen atoms in total. The van der Waals surface area contributed by atoms with Gasteiger partial charge in [0.1, 0.15) is 5.75 Å². The number of hydrogen-bond acceptors (Lipinski definition) is 4. The van der Waals surface area contributed by atoms with Crippen LogP contribution in [0.5, 0.6) is 5.75 Å². The molecule has 0 spiro atoms. The van der Waals surface area contributed by atoms with E-state index in [0.29, 0.717) is 12.3 Å². The number of unbranched alkanes of at least 4 members (excludes halogenated alkanes) is 1. The third kappa shape index (κ3) is 6.03. The molecular formula is C15H26N2O3S. The van der Waals surface area contributed by atoms with Gasteiger partial charge in [0.15, 0.2) is 0 Å². The molecule has 0 bridgehead atoms. The molecule has 0 radical (unpaired) electrons. The molecule has 21 heavy (non-hydrogen) atoms. The molecular weight excluding hydrogens is 288 g/mol. The number of hydrogen-bond donors (Lipinski definition) is 2. The highest BCUT2D eigenvalue weighted by atomic mass is 32.2. The van der Waals surface area contributed by atoms with E-state index in [-0.39, 0.29) is 17.0 Å². The number of benzene rings is 1. The molecule has 1 atom stereocenters. The van der Waals surface area contributed by atoms with Crippen molar-refractivity contribution in [3.05, 3.63) is 24.3 Å². The molecule has 0 aliphatic carbocycles. The van der Waals surface area contributed by atoms with Crippen LogP contribution in [0.1, 0.15) is 40.0 Å². The number of nitrogens with two attached hydrogens (primary N) is 1. The van der Waals surface area contributed by atoms with Gasteiger partial charge < -0.3 is 10.5 Å². The van der Waals surface area contributed by atoms with Crippen molar-refractivity contribution in [3.63, 3.8) is 0 Å². The fourth-order valence-electron chi connectivity index (χ4n) is 1.93. The Labute approximate surface area is 127 Å². The van der Waals surface area contributed by atoms with Crippen molar-refractivity contribution in [2.75, 3.05) is 6.54 Å². The van der Waals surface area contributed by atoms with Gasteiger partial charge in [0.05, 0.1) is 11.0 Å². The lowest BCUT2D eigenvalue weighted by atomic mass is 10.1. The molecule has 0 saturated carbocycles. The number of nitrogens with one attached hydrogen (secondary N) is 1. The van der Waals surface area contributed by atoms with Crippen molar-refractivity contribution in [2.45, 2.75) is 57.1 Å². The minimum absolute atomic E-state index is 0.0567. The Morgan fingerprint density at radius 1 is 1.24 bits per heavy atom. The molecule has 3 N–H and O–H groups in total. The summed E-state index contributed by atoms with van der Waals surface area (Å²) in [6.07, 6.45) is 2.77. The Balaban J connectivity index is 2.77. The van der Waals surface area contributed by atoms with Crippen LogP contribution in [0, 0.1) is 0 Å². The highest BCUT2D eigenvalue weighted by Gasteiger charge is 2.18. The summed E-state index contributed by atoms with van der Waals surface area (Å²) >= 11 is 0. The first-order chi connectivity index (χ1) is 9.89. The fourth-order valence-corrected chi connectivity index (χ4v) is 3.22. The van der Waals surface area contributed by atoms with E-state index in [9.17, 15) is 8.42 Å². The summed E-state index contributed by atoms with van der Waals surface area (Å²) in [6.45, 7) is 6.21. The van der Waals surface area contributed by atoms with Crippen molar-refractivity contribution in [1.82, 2.24) is 4.72 Å². The maximum absolute atomic E-state index is 12.3. The molecule has 1 unspecified atom stereocenters. The van der Waals surface area contributed by atoms with Gasteiger partial charge in [-0.15, -0.1) is 0 Å². The van der Waals surface area contributed by atoms with Gasteiger partial charge in [0, 0.05) is 12.6 Å². The van der Waals surface area contributed by atoms with E-state index in [4.69, 9.17) is 10.5 Å². The van der Waals surface area contributed by atoms with Gasteiger partial charge in [0.25, 0.3) is 0 Å². The average molecular weight is 314 g/mol. The van der Waals surface area contributed by atoms with Crippen molar-refractivity contribution in [3.8, 4) is 5.75 Å². The average Bonchev–Trinajstić information content (AvgIpc) is 2.43. The van der Waals surface area contributed by atoms with E-state index in [1.54, 1.807) is 24.3 Å². The van der Waals surface area contributed by atoms with Crippen LogP contribution >= 0.6 is 0 Å². The van der Waals surface area contributed by atoms with Crippen LogP contribution in [0.4, 0.5) is 0 Å². The zero-order valence-corrected chi connectivity index (χ0v) is 13.8. The summed E-state index contributed by atoms with van der Waals surface area (Å²) in [5.41, 5.74) is 5.63. The molecule has 0 aliphatic heterocycles. The zero-order valence-electron chi connectivity index (χ0n) is 13.0. The maximum Gasteiger partial charge on any atom is 0.240 e. The van der Waals surface area contributed by atoms with Crippen molar-refractivity contribution < 1.29 is 13.2 Å². The lowest BCUT2D eigenvalue weighted by molar-refractivity contribution is 0.242. The van der Waals surface area contributed by atoms with Crippen LogP contribution in [0.25, 0.3) is 0 Å². The first kappa shape index (κ1) is 17.9. The first-order valence-corrected chi connectivity index (χ1v) is 8.86. The Bertz CT molecular complexity index is 512. The lowest BCUT2D eigenvalue weighted by Crippen LogP contribution is -2.40. The summed E-state index contributed by atoms with van der Waals surface area (Å²) in [5.74, 6) is 0.658. The Hall–Kier alpha value is -1.11. The number of ether oxygens (including phenoxy) is 1. The third-order valence-corrected chi connectivity index (χ3v) is 4.55. The highest BCUT2D eigenvalue weighted by Crippen LogP contribution is 2.17. The van der Waals surface area contributed by atoms with Crippen molar-refractivity contribution in [2.24, 2.45) is 5.73 Å². The lowest BCUT2D eigenvalue weighted by Gasteiger charge is -2.17. The van der Waals surface area contributed by atoms with E-state index in [0.717, 1.165) is 19.3 Å². The smallest absolute Gasteiger partial charge is 0.240 e. The molecule has 1 rings (SSSR count). The Morgan fingerprint density at radius 2 is 1.86 bits per heavy atom. The van der Waals surface area contributed by atoms with Crippen LogP contribution in [0.2, 0.25) is 0 Å². The van der Waals surface area contributed by atoms with Gasteiger partial charge in [-0.1, -0.05) is 19.8 Å². The summed E-state index contributed by atoms with van der Waals surface area (Å²) in [4.78, 5) is 0.230. The van der Waals surface area contributed by atoms with E-state index in [2.05, 4.69) is 11.6 Å². The predicted octanol–water partition coefficient (Wildman–Crippen LogP) is 2.27. The van der Waals surface area contributed by atoms with Gasteiger partial charge in [0.2, 0.25) is 10.0 Å². The molecule has 0 aliphatic rings. The molecule has 0 aromatic heterocycles. The Kier molecular flexibility index (Phi) is 7.14. The van der Waals surface area contributed by atoms with Gasteiger partial charge in [-0.25, -0.2) is 13.1 Å². The topological polar surface area (TPSA) is 81.4 Å². The van der Waals surface area contributed by atoms with Crippen LogP contribution < -0.4 is 15.2 Å². The standard InChI is InChI=1S/C15H26N2O3S/c1-4-5-6-13(11-16)17-21(18,19)15-9-7-14(8-10-15)20-12(2)3/h7-10,12-13,17H,4-6,11,16H2,1-3H3. The SMILES string of the molecule is CCCCC(CN)NS(=O)(=O)c1ccc(OC(C)C)cc1. The van der Waals surface area contributed by atoms with E-state index in [1.807, 2.05) is 13.8 Å². The summed E-state index contributed by atoms with van der Waals surface area (Å²) in [6, 6.07) is 6.21. The second-order valence-corrected chi connectivity index (χ2v) is 7.05. The van der Waals surface area contributed by atoms with Crippen molar-refractivity contribution >= 4 is 10.0 Å². The number of rotatable bonds is 9. The Morgan fingerprint density at radius 3 is 2.33 bits per heavy atom. The van der Waals surface area contributed by atoms with Crippen molar-refractivity contribution in [1.29, 1.82) is 0 Å². The van der Waals surface area contributed by atoms with E-state index < -0.39 is 10.0 Å². The molecule has 6 heteroatoms. The molecule has 0 saturated heterocycles. The molecule has 0 heterocycles. The van der Waals surface area contributed by atoms with Crippen LogP contribution in [-0.4, -0.2) is 27.1 Å². The largest absolute Gasteiger partial charge is 0.491 e. The maximum atomic E-state index is 12.3. The van der Waals surface area contributed by atoms with Gasteiger partial charge in [-0.05, 0) is 44.5 Å². The quantitative estimate of drug-likeness (QED) is 0.732. The molecule has 1 aromatic rings. The minimum Gasteiger partial charge on any atom is -0.491 e. The fraction of sp³-hybridized carbons (Fsp3) is 0.600. The predicted molar refractivity (Wildman–Crippen MR) is 84.9 cm³/mol. The molecule has 0 amide bonds. The minimum atomic E-state index is -3.53. The van der Waals surface area contributed by atoms with Gasteiger partial charge >= 0.3 is 0 Å². The zero-order chi connectivity index (χ0) is 15.9. The molecule has 1 aromatic carbocycles. The monoisotopic (exact) mass is 314 g/mol. The summed E-state index contributed by atoms with van der Waals surface area (Å²) in [7, 11) is -3.53. The second kappa shape index (κ2) is 8.36. The highest BCUT2D eigenvalue weighted by molar-refractivity contribution is 7.89. The summed E-state index contributed by atoms with van der Waals surface area (Å²) < 4.78 is 32.7. The van der Waals surface area contributed by atoms with E-state index >= 15 is 0 Å². The first-order valence-electron chi connectivity index (χ1n) is 7.38. The van der Waals surface area contributed by atoms with Gasteiger partial charge in [-0.2, -0.15) is 0 Å². The third-order valence-electron chi connectivity index (χ3n) is 3.02. The van der Waals surface area contributed by atoms with Crippen LogP contribution in [-0.2, 0) is 10.0 Å². The van der Waals surface area contributed by atoms with E-state index in [1.165, 1.54) is 0 Å². The van der Waals surface area contributed by atoms with Crippen LogP contribution in [0.15, 0.2) is 29.2 Å².